The van der Waals surface area contributed by atoms with E-state index in [1.807, 2.05) is 13.0 Å². The lowest BCUT2D eigenvalue weighted by molar-refractivity contribution is 0.0959. The van der Waals surface area contributed by atoms with Gasteiger partial charge in [0.15, 0.2) is 0 Å². The highest BCUT2D eigenvalue weighted by molar-refractivity contribution is 5.99. The normalized spacial score (nSPS) is 9.14. The fraction of sp³-hybridized carbons (Fsp3) is 0.182. The molecular weight excluding hydrogens is 176 g/mol. The first-order chi connectivity index (χ1) is 6.66. The summed E-state index contributed by atoms with van der Waals surface area (Å²) in [7, 11) is 0. The van der Waals surface area contributed by atoms with Gasteiger partial charge in [0.1, 0.15) is 0 Å². The van der Waals surface area contributed by atoms with Crippen LogP contribution in [0, 0.1) is 19.3 Å². The molecule has 0 aromatic heterocycles. The molecule has 0 unspecified atom stereocenters. The van der Waals surface area contributed by atoms with Crippen molar-refractivity contribution in [3.63, 3.8) is 0 Å². The highest BCUT2D eigenvalue weighted by Crippen LogP contribution is 2.15. The number of rotatable bonds is 2. The smallest absolute Gasteiger partial charge is 0.254 e. The van der Waals surface area contributed by atoms with Crippen LogP contribution in [0.1, 0.15) is 15.9 Å². The maximum atomic E-state index is 11.5. The summed E-state index contributed by atoms with van der Waals surface area (Å²) >= 11 is 0. The van der Waals surface area contributed by atoms with Gasteiger partial charge in [-0.15, -0.1) is 6.42 Å². The molecule has 0 aliphatic carbocycles. The molecule has 14 heavy (non-hydrogen) atoms. The number of nitrogens with one attached hydrogen (secondary N) is 1. The molecule has 0 bridgehead atoms. The van der Waals surface area contributed by atoms with Crippen molar-refractivity contribution >= 4 is 11.6 Å². The third-order valence-corrected chi connectivity index (χ3v) is 1.92. The van der Waals surface area contributed by atoms with E-state index in [0.29, 0.717) is 11.3 Å². The molecule has 0 aliphatic heterocycles. The van der Waals surface area contributed by atoms with E-state index in [1.54, 1.807) is 12.1 Å². The van der Waals surface area contributed by atoms with Gasteiger partial charge in [-0.05, 0) is 18.6 Å². The van der Waals surface area contributed by atoms with Crippen LogP contribution >= 0.6 is 0 Å². The summed E-state index contributed by atoms with van der Waals surface area (Å²) in [6, 6.07) is 5.32. The molecule has 1 aromatic carbocycles. The van der Waals surface area contributed by atoms with Crippen LogP contribution in [-0.4, -0.2) is 12.5 Å². The van der Waals surface area contributed by atoms with Gasteiger partial charge in [-0.2, -0.15) is 0 Å². The van der Waals surface area contributed by atoms with E-state index < -0.39 is 0 Å². The van der Waals surface area contributed by atoms with Crippen LogP contribution in [-0.2, 0) is 0 Å². The zero-order valence-corrected chi connectivity index (χ0v) is 8.00. The minimum atomic E-state index is -0.232. The van der Waals surface area contributed by atoms with Crippen LogP contribution in [0.15, 0.2) is 18.2 Å². The third-order valence-electron chi connectivity index (χ3n) is 1.92. The van der Waals surface area contributed by atoms with E-state index in [9.17, 15) is 4.79 Å². The lowest BCUT2D eigenvalue weighted by atomic mass is 10.1. The minimum Gasteiger partial charge on any atom is -0.398 e. The van der Waals surface area contributed by atoms with Gasteiger partial charge in [0, 0.05) is 5.69 Å². The molecular formula is C11H12N2O. The number of nitrogen functional groups attached to an aromatic ring is 1. The number of carbonyl (C=O) groups excluding carboxylic acids is 1. The van der Waals surface area contributed by atoms with Crippen LogP contribution in [0.3, 0.4) is 0 Å². The maximum Gasteiger partial charge on any atom is 0.254 e. The number of para-hydroxylation sites is 1. The maximum absolute atomic E-state index is 11.5. The summed E-state index contributed by atoms with van der Waals surface area (Å²) in [6.45, 7) is 2.07. The second-order valence-electron chi connectivity index (χ2n) is 2.92. The van der Waals surface area contributed by atoms with Gasteiger partial charge < -0.3 is 11.1 Å². The van der Waals surface area contributed by atoms with Gasteiger partial charge in [-0.3, -0.25) is 4.79 Å². The molecule has 0 spiro atoms. The Hall–Kier alpha value is -1.95. The summed E-state index contributed by atoms with van der Waals surface area (Å²) in [6.07, 6.45) is 5.03. The largest absolute Gasteiger partial charge is 0.398 e. The van der Waals surface area contributed by atoms with Gasteiger partial charge in [0.05, 0.1) is 12.1 Å². The van der Waals surface area contributed by atoms with E-state index in [4.69, 9.17) is 12.2 Å². The predicted molar refractivity (Wildman–Crippen MR) is 56.8 cm³/mol. The van der Waals surface area contributed by atoms with Crippen molar-refractivity contribution in [3.8, 4) is 12.3 Å². The number of carbonyl (C=O) groups is 1. The van der Waals surface area contributed by atoms with E-state index in [2.05, 4.69) is 11.2 Å². The number of nitrogens with two attached hydrogens (primary N) is 1. The van der Waals surface area contributed by atoms with Gasteiger partial charge in [0.2, 0.25) is 0 Å². The molecule has 0 heterocycles. The second kappa shape index (κ2) is 4.33. The van der Waals surface area contributed by atoms with Crippen molar-refractivity contribution in [2.45, 2.75) is 6.92 Å². The second-order valence-corrected chi connectivity index (χ2v) is 2.92. The van der Waals surface area contributed by atoms with Crippen molar-refractivity contribution in [2.24, 2.45) is 0 Å². The average molecular weight is 188 g/mol. The highest BCUT2D eigenvalue weighted by Gasteiger charge is 2.09. The Morgan fingerprint density at radius 2 is 2.36 bits per heavy atom. The molecule has 0 fully saturated rings. The van der Waals surface area contributed by atoms with E-state index in [1.165, 1.54) is 0 Å². The molecule has 3 nitrogen and oxygen atoms in total. The first-order valence-electron chi connectivity index (χ1n) is 4.23. The van der Waals surface area contributed by atoms with Crippen LogP contribution in [0.5, 0.6) is 0 Å². The molecule has 0 saturated heterocycles. The SMILES string of the molecule is C#CCNC(=O)c1cccc(C)c1N. The van der Waals surface area contributed by atoms with Crippen molar-refractivity contribution < 1.29 is 4.79 Å². The lowest BCUT2D eigenvalue weighted by Crippen LogP contribution is -2.24. The lowest BCUT2D eigenvalue weighted by Gasteiger charge is -2.07. The molecule has 3 heteroatoms. The molecule has 0 saturated carbocycles. The first-order valence-corrected chi connectivity index (χ1v) is 4.23. The Bertz CT molecular complexity index is 391. The minimum absolute atomic E-state index is 0.214. The zero-order chi connectivity index (χ0) is 10.6. The van der Waals surface area contributed by atoms with Crippen LogP contribution in [0.2, 0.25) is 0 Å². The molecule has 0 radical (unpaired) electrons. The molecule has 1 rings (SSSR count). The summed E-state index contributed by atoms with van der Waals surface area (Å²) in [4.78, 5) is 11.5. The van der Waals surface area contributed by atoms with E-state index >= 15 is 0 Å². The number of amides is 1. The molecule has 3 N–H and O–H groups in total. The number of hydrogen-bond acceptors (Lipinski definition) is 2. The Labute approximate surface area is 83.3 Å². The summed E-state index contributed by atoms with van der Waals surface area (Å²) < 4.78 is 0. The highest BCUT2D eigenvalue weighted by atomic mass is 16.1. The Balaban J connectivity index is 2.91. The predicted octanol–water partition coefficient (Wildman–Crippen LogP) is 0.940. The van der Waals surface area contributed by atoms with Crippen LogP contribution in [0.4, 0.5) is 5.69 Å². The van der Waals surface area contributed by atoms with E-state index in [-0.39, 0.29) is 12.5 Å². The van der Waals surface area contributed by atoms with Gasteiger partial charge in [0.25, 0.3) is 5.91 Å². The zero-order valence-electron chi connectivity index (χ0n) is 8.00. The molecule has 72 valence electrons. The van der Waals surface area contributed by atoms with Crippen LogP contribution in [0.25, 0.3) is 0 Å². The Morgan fingerprint density at radius 3 is 3.00 bits per heavy atom. The average Bonchev–Trinajstić information content (AvgIpc) is 2.18. The quantitative estimate of drug-likeness (QED) is 0.536. The molecule has 0 atom stereocenters. The Morgan fingerprint density at radius 1 is 1.64 bits per heavy atom. The standard InChI is InChI=1S/C11H12N2O/c1-3-7-13-11(14)9-6-4-5-8(2)10(9)12/h1,4-6H,7,12H2,2H3,(H,13,14). The number of anilines is 1. The fourth-order valence-electron chi connectivity index (χ4n) is 1.11. The number of hydrogen-bond donors (Lipinski definition) is 2. The number of benzene rings is 1. The summed E-state index contributed by atoms with van der Waals surface area (Å²) in [5, 5.41) is 2.56. The number of terminal acetylenes is 1. The van der Waals surface area contributed by atoms with Crippen molar-refractivity contribution in [1.82, 2.24) is 5.32 Å². The third kappa shape index (κ3) is 2.05. The molecule has 0 aliphatic rings. The van der Waals surface area contributed by atoms with Gasteiger partial charge in [-0.1, -0.05) is 18.1 Å². The molecule has 1 aromatic rings. The topological polar surface area (TPSA) is 55.1 Å². The number of aryl methyl sites for hydroxylation is 1. The van der Waals surface area contributed by atoms with Gasteiger partial charge >= 0.3 is 0 Å². The summed E-state index contributed by atoms with van der Waals surface area (Å²) in [5.74, 6) is 2.10. The monoisotopic (exact) mass is 188 g/mol. The van der Waals surface area contributed by atoms with Crippen LogP contribution < -0.4 is 11.1 Å². The fourth-order valence-corrected chi connectivity index (χ4v) is 1.11. The van der Waals surface area contributed by atoms with Crippen molar-refractivity contribution in [2.75, 3.05) is 12.3 Å². The van der Waals surface area contributed by atoms with Gasteiger partial charge in [-0.25, -0.2) is 0 Å². The summed E-state index contributed by atoms with van der Waals surface area (Å²) in [5.41, 5.74) is 7.60. The first kappa shape index (κ1) is 10.1. The Kier molecular flexibility index (Phi) is 3.14. The van der Waals surface area contributed by atoms with Crippen molar-refractivity contribution in [3.05, 3.63) is 29.3 Å². The van der Waals surface area contributed by atoms with Crippen molar-refractivity contribution in [1.29, 1.82) is 0 Å². The molecule has 1 amide bonds. The van der Waals surface area contributed by atoms with E-state index in [0.717, 1.165) is 5.56 Å².